The summed E-state index contributed by atoms with van der Waals surface area (Å²) < 4.78 is 5.47. The van der Waals surface area contributed by atoms with Gasteiger partial charge in [0.15, 0.2) is 0 Å². The number of ether oxygens (including phenoxy) is 1. The predicted molar refractivity (Wildman–Crippen MR) is 42.0 cm³/mol. The molecule has 1 saturated heterocycles. The summed E-state index contributed by atoms with van der Waals surface area (Å²) in [6.07, 6.45) is 4.04. The molecule has 1 fully saturated rings. The zero-order valence-corrected chi connectivity index (χ0v) is 7.36. The fraction of sp³-hybridized carbons (Fsp3) is 1.00. The maximum absolute atomic E-state index is 5.47. The molecule has 0 spiro atoms. The SMILES string of the molecule is CCC1CC(Br)CCO1. The van der Waals surface area contributed by atoms with Gasteiger partial charge in [0, 0.05) is 11.4 Å². The minimum atomic E-state index is 0.517. The van der Waals surface area contributed by atoms with Crippen molar-refractivity contribution in [3.8, 4) is 0 Å². The minimum absolute atomic E-state index is 0.517. The summed E-state index contributed by atoms with van der Waals surface area (Å²) in [5.41, 5.74) is 0. The van der Waals surface area contributed by atoms with Crippen LogP contribution in [0.4, 0.5) is 0 Å². The predicted octanol–water partition coefficient (Wildman–Crippen LogP) is 2.34. The van der Waals surface area contributed by atoms with Crippen molar-refractivity contribution < 1.29 is 4.74 Å². The van der Waals surface area contributed by atoms with E-state index in [2.05, 4.69) is 22.9 Å². The molecule has 0 aromatic rings. The van der Waals surface area contributed by atoms with E-state index in [4.69, 9.17) is 4.74 Å². The maximum atomic E-state index is 5.47. The van der Waals surface area contributed by atoms with Gasteiger partial charge in [-0.15, -0.1) is 0 Å². The number of halogens is 1. The van der Waals surface area contributed by atoms with Gasteiger partial charge in [0.05, 0.1) is 6.10 Å². The van der Waals surface area contributed by atoms with Crippen LogP contribution < -0.4 is 0 Å². The van der Waals surface area contributed by atoms with Crippen LogP contribution in [0.3, 0.4) is 0 Å². The van der Waals surface area contributed by atoms with Gasteiger partial charge in [-0.3, -0.25) is 0 Å². The smallest absolute Gasteiger partial charge is 0.0583 e. The summed E-state index contributed by atoms with van der Waals surface area (Å²) in [7, 11) is 0. The molecule has 0 aromatic carbocycles. The van der Waals surface area contributed by atoms with Gasteiger partial charge in [-0.2, -0.15) is 0 Å². The highest BCUT2D eigenvalue weighted by Crippen LogP contribution is 2.21. The van der Waals surface area contributed by atoms with Crippen LogP contribution in [0.5, 0.6) is 0 Å². The molecule has 9 heavy (non-hydrogen) atoms. The van der Waals surface area contributed by atoms with Crippen molar-refractivity contribution in [2.24, 2.45) is 0 Å². The highest BCUT2D eigenvalue weighted by atomic mass is 79.9. The average Bonchev–Trinajstić information content (AvgIpc) is 1.88. The van der Waals surface area contributed by atoms with Gasteiger partial charge in [-0.05, 0) is 19.3 Å². The molecule has 0 N–H and O–H groups in total. The monoisotopic (exact) mass is 192 g/mol. The lowest BCUT2D eigenvalue weighted by Gasteiger charge is -2.24. The van der Waals surface area contributed by atoms with E-state index in [1.807, 2.05) is 0 Å². The zero-order valence-electron chi connectivity index (χ0n) is 5.77. The number of alkyl halides is 1. The van der Waals surface area contributed by atoms with Crippen LogP contribution in [-0.4, -0.2) is 17.5 Å². The lowest BCUT2D eigenvalue weighted by molar-refractivity contribution is 0.0179. The molecule has 2 unspecified atom stereocenters. The van der Waals surface area contributed by atoms with Crippen LogP contribution in [0.25, 0.3) is 0 Å². The maximum Gasteiger partial charge on any atom is 0.0583 e. The van der Waals surface area contributed by atoms with Crippen molar-refractivity contribution in [3.63, 3.8) is 0 Å². The van der Waals surface area contributed by atoms with Crippen molar-refractivity contribution >= 4 is 15.9 Å². The fourth-order valence-electron chi connectivity index (χ4n) is 1.12. The lowest BCUT2D eigenvalue weighted by atomic mass is 10.1. The highest BCUT2D eigenvalue weighted by molar-refractivity contribution is 9.09. The van der Waals surface area contributed by atoms with Crippen molar-refractivity contribution in [1.82, 2.24) is 0 Å². The summed E-state index contributed by atoms with van der Waals surface area (Å²) in [6, 6.07) is 0. The first kappa shape index (κ1) is 7.55. The standard InChI is InChI=1S/C7H13BrO/c1-2-7-5-6(8)3-4-9-7/h6-7H,2-5H2,1H3. The van der Waals surface area contributed by atoms with Gasteiger partial charge < -0.3 is 4.74 Å². The van der Waals surface area contributed by atoms with Crippen LogP contribution in [0.2, 0.25) is 0 Å². The third-order valence-corrected chi connectivity index (χ3v) is 2.59. The van der Waals surface area contributed by atoms with E-state index in [-0.39, 0.29) is 0 Å². The molecule has 1 nitrogen and oxygen atoms in total. The van der Waals surface area contributed by atoms with Gasteiger partial charge in [-0.25, -0.2) is 0 Å². The van der Waals surface area contributed by atoms with Crippen molar-refractivity contribution in [1.29, 1.82) is 0 Å². The van der Waals surface area contributed by atoms with E-state index in [0.29, 0.717) is 10.9 Å². The molecule has 1 aliphatic heterocycles. The first-order valence-corrected chi connectivity index (χ1v) is 4.50. The third kappa shape index (κ3) is 2.26. The Hall–Kier alpha value is 0.440. The quantitative estimate of drug-likeness (QED) is 0.580. The molecule has 0 bridgehead atoms. The molecular weight excluding hydrogens is 180 g/mol. The highest BCUT2D eigenvalue weighted by Gasteiger charge is 2.18. The van der Waals surface area contributed by atoms with Crippen LogP contribution in [0.1, 0.15) is 26.2 Å². The van der Waals surface area contributed by atoms with Crippen molar-refractivity contribution in [2.75, 3.05) is 6.61 Å². The summed E-state index contributed by atoms with van der Waals surface area (Å²) in [5, 5.41) is 0. The Morgan fingerprint density at radius 1 is 1.67 bits per heavy atom. The Balaban J connectivity index is 2.23. The molecule has 1 heterocycles. The zero-order chi connectivity index (χ0) is 6.69. The molecule has 0 radical (unpaired) electrons. The first-order valence-electron chi connectivity index (χ1n) is 3.58. The van der Waals surface area contributed by atoms with Crippen molar-refractivity contribution in [3.05, 3.63) is 0 Å². The van der Waals surface area contributed by atoms with E-state index >= 15 is 0 Å². The Morgan fingerprint density at radius 2 is 2.44 bits per heavy atom. The van der Waals surface area contributed by atoms with E-state index < -0.39 is 0 Å². The molecule has 0 aromatic heterocycles. The summed E-state index contributed by atoms with van der Waals surface area (Å²) in [6.45, 7) is 3.12. The Morgan fingerprint density at radius 3 is 2.89 bits per heavy atom. The number of hydrogen-bond donors (Lipinski definition) is 0. The van der Waals surface area contributed by atoms with Gasteiger partial charge in [-0.1, -0.05) is 22.9 Å². The van der Waals surface area contributed by atoms with Crippen LogP contribution in [-0.2, 0) is 4.74 Å². The Kier molecular flexibility index (Phi) is 2.99. The van der Waals surface area contributed by atoms with Crippen LogP contribution >= 0.6 is 15.9 Å². The van der Waals surface area contributed by atoms with Crippen LogP contribution in [0, 0.1) is 0 Å². The molecular formula is C7H13BrO. The van der Waals surface area contributed by atoms with E-state index in [1.165, 1.54) is 12.8 Å². The molecule has 54 valence electrons. The molecule has 2 heteroatoms. The Bertz CT molecular complexity index is 85.0. The van der Waals surface area contributed by atoms with Gasteiger partial charge in [0.2, 0.25) is 0 Å². The molecule has 0 saturated carbocycles. The number of rotatable bonds is 1. The molecule has 1 rings (SSSR count). The van der Waals surface area contributed by atoms with Gasteiger partial charge in [0.1, 0.15) is 0 Å². The van der Waals surface area contributed by atoms with E-state index in [1.54, 1.807) is 0 Å². The summed E-state index contributed by atoms with van der Waals surface area (Å²) >= 11 is 3.59. The second-order valence-electron chi connectivity index (χ2n) is 2.52. The normalized spacial score (nSPS) is 36.7. The number of hydrogen-bond acceptors (Lipinski definition) is 1. The largest absolute Gasteiger partial charge is 0.378 e. The molecule has 0 amide bonds. The van der Waals surface area contributed by atoms with E-state index in [9.17, 15) is 0 Å². The van der Waals surface area contributed by atoms with Crippen molar-refractivity contribution in [2.45, 2.75) is 37.1 Å². The van der Waals surface area contributed by atoms with Crippen LogP contribution in [0.15, 0.2) is 0 Å². The second kappa shape index (κ2) is 3.57. The average molecular weight is 193 g/mol. The van der Waals surface area contributed by atoms with Gasteiger partial charge in [0.25, 0.3) is 0 Å². The molecule has 1 aliphatic rings. The third-order valence-electron chi connectivity index (χ3n) is 1.76. The minimum Gasteiger partial charge on any atom is -0.378 e. The molecule has 2 atom stereocenters. The summed E-state index contributed by atoms with van der Waals surface area (Å²) in [4.78, 5) is 0.705. The van der Waals surface area contributed by atoms with Gasteiger partial charge >= 0.3 is 0 Å². The Labute approximate surface area is 64.9 Å². The fourth-order valence-corrected chi connectivity index (χ4v) is 1.72. The van der Waals surface area contributed by atoms with E-state index in [0.717, 1.165) is 13.0 Å². The first-order chi connectivity index (χ1) is 4.33. The second-order valence-corrected chi connectivity index (χ2v) is 3.82. The topological polar surface area (TPSA) is 9.23 Å². The summed E-state index contributed by atoms with van der Waals surface area (Å²) in [5.74, 6) is 0. The molecule has 0 aliphatic carbocycles. The lowest BCUT2D eigenvalue weighted by Crippen LogP contribution is -2.24.